The minimum Gasteiger partial charge on any atom is -0.383 e. The zero-order chi connectivity index (χ0) is 26.7. The molecule has 0 radical (unpaired) electrons. The molecule has 1 aromatic heterocycles. The Labute approximate surface area is 215 Å². The molecule has 9 heteroatoms. The molecule has 194 valence electrons. The number of aryl methyl sites for hydroxylation is 1. The van der Waals surface area contributed by atoms with Gasteiger partial charge in [-0.3, -0.25) is 23.9 Å². The maximum atomic E-state index is 13.8. The van der Waals surface area contributed by atoms with Crippen LogP contribution in [0, 0.1) is 18.8 Å². The highest BCUT2D eigenvalue weighted by Gasteiger charge is 2.38. The molecule has 1 aliphatic heterocycles. The summed E-state index contributed by atoms with van der Waals surface area (Å²) in [5, 5.41) is 0. The van der Waals surface area contributed by atoms with Crippen molar-refractivity contribution in [2.24, 2.45) is 11.8 Å². The van der Waals surface area contributed by atoms with Gasteiger partial charge in [-0.1, -0.05) is 74.0 Å². The predicted octanol–water partition coefficient (Wildman–Crippen LogP) is 2.51. The second kappa shape index (κ2) is 10.9. The van der Waals surface area contributed by atoms with Gasteiger partial charge in [0.05, 0.1) is 12.5 Å². The molecule has 1 fully saturated rings. The van der Waals surface area contributed by atoms with Gasteiger partial charge in [-0.15, -0.1) is 0 Å². The number of nitrogens with zero attached hydrogens (tertiary/aromatic N) is 3. The van der Waals surface area contributed by atoms with Gasteiger partial charge in [-0.25, -0.2) is 4.79 Å². The van der Waals surface area contributed by atoms with E-state index in [9.17, 15) is 19.2 Å². The quantitative estimate of drug-likeness (QED) is 0.489. The van der Waals surface area contributed by atoms with E-state index in [1.54, 1.807) is 4.90 Å². The standard InChI is InChI=1S/C28H33N5O4/c1-18(2)14-32(24-25(29)33(28(37)30-26(24)35)16-20-7-5-4-6-8-20)27(36)22-13-23(34)31(17-22)15-21-11-9-19(3)10-12-21/h4-12,18,22H,13-17,29H2,1-3H3,(H,30,35,37). The number of hydrogen-bond donors (Lipinski definition) is 2. The minimum absolute atomic E-state index is 0.0121. The minimum atomic E-state index is -0.721. The van der Waals surface area contributed by atoms with Crippen molar-refractivity contribution >= 4 is 23.3 Å². The van der Waals surface area contributed by atoms with Gasteiger partial charge in [-0.2, -0.15) is 0 Å². The van der Waals surface area contributed by atoms with Crippen molar-refractivity contribution in [1.29, 1.82) is 0 Å². The molecule has 3 aromatic rings. The molecule has 9 nitrogen and oxygen atoms in total. The van der Waals surface area contributed by atoms with Crippen molar-refractivity contribution in [2.75, 3.05) is 23.7 Å². The van der Waals surface area contributed by atoms with Crippen molar-refractivity contribution in [3.05, 3.63) is 92.1 Å². The fourth-order valence-corrected chi connectivity index (χ4v) is 4.64. The highest BCUT2D eigenvalue weighted by Crippen LogP contribution is 2.27. The summed E-state index contributed by atoms with van der Waals surface area (Å²) in [6, 6.07) is 17.2. The Morgan fingerprint density at radius 3 is 2.32 bits per heavy atom. The number of carbonyl (C=O) groups excluding carboxylic acids is 2. The number of benzene rings is 2. The molecule has 4 rings (SSSR count). The topological polar surface area (TPSA) is 122 Å². The van der Waals surface area contributed by atoms with Gasteiger partial charge in [0, 0.05) is 26.1 Å². The Hall–Kier alpha value is -4.14. The summed E-state index contributed by atoms with van der Waals surface area (Å²) >= 11 is 0. The first-order valence-corrected chi connectivity index (χ1v) is 12.4. The van der Waals surface area contributed by atoms with E-state index in [0.29, 0.717) is 6.54 Å². The number of carbonyl (C=O) groups is 2. The number of hydrogen-bond acceptors (Lipinski definition) is 5. The third-order valence-corrected chi connectivity index (χ3v) is 6.54. The number of H-pyrrole nitrogens is 1. The zero-order valence-corrected chi connectivity index (χ0v) is 21.4. The van der Waals surface area contributed by atoms with Gasteiger partial charge in [0.1, 0.15) is 5.82 Å². The summed E-state index contributed by atoms with van der Waals surface area (Å²) in [6.45, 7) is 6.88. The molecule has 37 heavy (non-hydrogen) atoms. The van der Waals surface area contributed by atoms with Crippen molar-refractivity contribution < 1.29 is 9.59 Å². The molecular formula is C28H33N5O4. The van der Waals surface area contributed by atoms with Crippen LogP contribution in [0.25, 0.3) is 0 Å². The van der Waals surface area contributed by atoms with Crippen molar-refractivity contribution in [3.63, 3.8) is 0 Å². The summed E-state index contributed by atoms with van der Waals surface area (Å²) < 4.78 is 1.26. The van der Waals surface area contributed by atoms with E-state index in [-0.39, 0.29) is 55.3 Å². The van der Waals surface area contributed by atoms with Crippen LogP contribution < -0.4 is 21.9 Å². The monoisotopic (exact) mass is 503 g/mol. The predicted molar refractivity (Wildman–Crippen MR) is 143 cm³/mol. The van der Waals surface area contributed by atoms with Gasteiger partial charge in [0.25, 0.3) is 5.56 Å². The summed E-state index contributed by atoms with van der Waals surface area (Å²) in [5.41, 5.74) is 7.90. The lowest BCUT2D eigenvalue weighted by atomic mass is 10.1. The van der Waals surface area contributed by atoms with E-state index in [2.05, 4.69) is 4.98 Å². The van der Waals surface area contributed by atoms with Crippen LogP contribution >= 0.6 is 0 Å². The molecule has 0 spiro atoms. The number of nitrogens with one attached hydrogen (secondary N) is 1. The average molecular weight is 504 g/mol. The number of likely N-dealkylation sites (tertiary alicyclic amines) is 1. The Morgan fingerprint density at radius 1 is 1.03 bits per heavy atom. The molecule has 2 heterocycles. The van der Waals surface area contributed by atoms with E-state index in [0.717, 1.165) is 16.7 Å². The summed E-state index contributed by atoms with van der Waals surface area (Å²) in [7, 11) is 0. The molecule has 0 saturated carbocycles. The number of nitrogens with two attached hydrogens (primary N) is 1. The SMILES string of the molecule is Cc1ccc(CN2CC(C(=O)N(CC(C)C)c3c(N)n(Cc4ccccc4)c(=O)[nH]c3=O)CC2=O)cc1. The van der Waals surface area contributed by atoms with Crippen molar-refractivity contribution in [3.8, 4) is 0 Å². The van der Waals surface area contributed by atoms with Gasteiger partial charge in [0.15, 0.2) is 5.69 Å². The fraction of sp³-hybridized carbons (Fsp3) is 0.357. The molecule has 1 unspecified atom stereocenters. The first-order chi connectivity index (χ1) is 17.6. The Bertz CT molecular complexity index is 1390. The number of anilines is 2. The van der Waals surface area contributed by atoms with Crippen LogP contribution in [-0.4, -0.2) is 39.4 Å². The summed E-state index contributed by atoms with van der Waals surface area (Å²) in [5.74, 6) is -1.15. The molecule has 1 atom stereocenters. The normalized spacial score (nSPS) is 15.4. The maximum absolute atomic E-state index is 13.8. The lowest BCUT2D eigenvalue weighted by Gasteiger charge is -2.28. The smallest absolute Gasteiger partial charge is 0.330 e. The first-order valence-electron chi connectivity index (χ1n) is 12.4. The van der Waals surface area contributed by atoms with E-state index >= 15 is 0 Å². The van der Waals surface area contributed by atoms with Crippen LogP contribution in [0.2, 0.25) is 0 Å². The van der Waals surface area contributed by atoms with E-state index in [1.165, 1.54) is 9.47 Å². The lowest BCUT2D eigenvalue weighted by molar-refractivity contribution is -0.128. The van der Waals surface area contributed by atoms with E-state index in [4.69, 9.17) is 5.73 Å². The highest BCUT2D eigenvalue weighted by atomic mass is 16.2. The van der Waals surface area contributed by atoms with Gasteiger partial charge in [-0.05, 0) is 24.0 Å². The summed E-state index contributed by atoms with van der Waals surface area (Å²) in [6.07, 6.45) is 0.0563. The van der Waals surface area contributed by atoms with Gasteiger partial charge in [0.2, 0.25) is 11.8 Å². The molecular weight excluding hydrogens is 470 g/mol. The van der Waals surface area contributed by atoms with Crippen molar-refractivity contribution in [1.82, 2.24) is 14.5 Å². The van der Waals surface area contributed by atoms with Crippen LogP contribution in [0.3, 0.4) is 0 Å². The lowest BCUT2D eigenvalue weighted by Crippen LogP contribution is -2.45. The Kier molecular flexibility index (Phi) is 7.61. The number of aromatic amines is 1. The molecule has 0 bridgehead atoms. The second-order valence-corrected chi connectivity index (χ2v) is 10.1. The summed E-state index contributed by atoms with van der Waals surface area (Å²) in [4.78, 5) is 57.5. The number of nitrogen functional groups attached to an aromatic ring is 1. The molecule has 1 aliphatic rings. The third-order valence-electron chi connectivity index (χ3n) is 6.54. The molecule has 2 amide bonds. The van der Waals surface area contributed by atoms with E-state index in [1.807, 2.05) is 75.4 Å². The molecule has 2 aromatic carbocycles. The van der Waals surface area contributed by atoms with Crippen LogP contribution in [-0.2, 0) is 22.7 Å². The number of aromatic nitrogens is 2. The third kappa shape index (κ3) is 5.82. The molecule has 1 saturated heterocycles. The molecule has 0 aliphatic carbocycles. The number of rotatable bonds is 8. The number of amides is 2. The Morgan fingerprint density at radius 2 is 1.68 bits per heavy atom. The first kappa shape index (κ1) is 25.9. The van der Waals surface area contributed by atoms with Gasteiger partial charge >= 0.3 is 5.69 Å². The maximum Gasteiger partial charge on any atom is 0.330 e. The molecule has 3 N–H and O–H groups in total. The van der Waals surface area contributed by atoms with Crippen LogP contribution in [0.5, 0.6) is 0 Å². The van der Waals surface area contributed by atoms with Crippen LogP contribution in [0.4, 0.5) is 11.5 Å². The fourth-order valence-electron chi connectivity index (χ4n) is 4.64. The average Bonchev–Trinajstić information content (AvgIpc) is 3.22. The van der Waals surface area contributed by atoms with Crippen LogP contribution in [0.15, 0.2) is 64.2 Å². The van der Waals surface area contributed by atoms with Gasteiger partial charge < -0.3 is 15.5 Å². The Balaban J connectivity index is 1.63. The zero-order valence-electron chi connectivity index (χ0n) is 21.4. The van der Waals surface area contributed by atoms with Crippen molar-refractivity contribution in [2.45, 2.75) is 40.3 Å². The highest BCUT2D eigenvalue weighted by molar-refractivity contribution is 6.00. The van der Waals surface area contributed by atoms with E-state index < -0.39 is 17.2 Å². The van der Waals surface area contributed by atoms with Crippen LogP contribution in [0.1, 0.15) is 37.0 Å². The second-order valence-electron chi connectivity index (χ2n) is 10.1. The largest absolute Gasteiger partial charge is 0.383 e.